The van der Waals surface area contributed by atoms with Crippen molar-refractivity contribution in [3.63, 3.8) is 0 Å². The maximum atomic E-state index is 12.5. The van der Waals surface area contributed by atoms with Gasteiger partial charge in [-0.15, -0.1) is 0 Å². The second kappa shape index (κ2) is 7.75. The predicted octanol–water partition coefficient (Wildman–Crippen LogP) is 2.08. The minimum Gasteiger partial charge on any atom is -0.481 e. The Morgan fingerprint density at radius 2 is 2.09 bits per heavy atom. The highest BCUT2D eigenvalue weighted by molar-refractivity contribution is 6.00. The van der Waals surface area contributed by atoms with E-state index in [1.54, 1.807) is 25.1 Å². The lowest BCUT2D eigenvalue weighted by Gasteiger charge is -2.29. The van der Waals surface area contributed by atoms with Crippen LogP contribution in [0.3, 0.4) is 0 Å². The fourth-order valence-electron chi connectivity index (χ4n) is 2.73. The number of nitrogens with zero attached hydrogens (tertiary/aromatic N) is 2. The number of carboxylic acid groups (broad SMARTS) is 1. The van der Waals surface area contributed by atoms with Crippen molar-refractivity contribution in [2.75, 3.05) is 31.2 Å². The summed E-state index contributed by atoms with van der Waals surface area (Å²) in [7, 11) is 0. The lowest BCUT2D eigenvalue weighted by Crippen LogP contribution is -2.36. The van der Waals surface area contributed by atoms with Gasteiger partial charge in [-0.25, -0.2) is 0 Å². The number of nitriles is 1. The highest BCUT2D eigenvalue weighted by Gasteiger charge is 2.23. The Morgan fingerprint density at radius 3 is 2.65 bits per heavy atom. The summed E-state index contributed by atoms with van der Waals surface area (Å²) in [5.74, 6) is -1.77. The third kappa shape index (κ3) is 4.08. The fraction of sp³-hybridized carbons (Fsp3) is 0.471. The van der Waals surface area contributed by atoms with Gasteiger partial charge in [-0.3, -0.25) is 9.59 Å². The van der Waals surface area contributed by atoms with Gasteiger partial charge in [-0.2, -0.15) is 5.26 Å². The topological polar surface area (TPSA) is 90.6 Å². The molecule has 2 rings (SSSR count). The van der Waals surface area contributed by atoms with Crippen LogP contribution in [0.4, 0.5) is 5.69 Å². The minimum absolute atomic E-state index is 0.192. The van der Waals surface area contributed by atoms with Crippen molar-refractivity contribution >= 4 is 17.4 Å². The number of carboxylic acids is 1. The summed E-state index contributed by atoms with van der Waals surface area (Å²) >= 11 is 0. The summed E-state index contributed by atoms with van der Waals surface area (Å²) in [6, 6.07) is 7.15. The molecule has 1 aliphatic heterocycles. The molecule has 1 aromatic rings. The maximum absolute atomic E-state index is 12.5. The van der Waals surface area contributed by atoms with Gasteiger partial charge in [0.15, 0.2) is 5.78 Å². The molecule has 0 aromatic heterocycles. The maximum Gasteiger partial charge on any atom is 0.304 e. The molecule has 6 heteroatoms. The molecule has 0 saturated carbocycles. The van der Waals surface area contributed by atoms with Gasteiger partial charge in [0.1, 0.15) is 6.07 Å². The normalized spacial score (nSPS) is 15.7. The Bertz CT molecular complexity index is 630. The first kappa shape index (κ1) is 17.0. The van der Waals surface area contributed by atoms with Gasteiger partial charge >= 0.3 is 5.97 Å². The van der Waals surface area contributed by atoms with Crippen LogP contribution in [0.5, 0.6) is 0 Å². The number of carbonyl (C=O) groups excluding carboxylic acids is 1. The summed E-state index contributed by atoms with van der Waals surface area (Å²) in [4.78, 5) is 25.4. The summed E-state index contributed by atoms with van der Waals surface area (Å²) in [5, 5.41) is 18.3. The molecule has 1 aliphatic rings. The van der Waals surface area contributed by atoms with E-state index in [2.05, 4.69) is 11.0 Å². The second-order valence-corrected chi connectivity index (χ2v) is 5.51. The summed E-state index contributed by atoms with van der Waals surface area (Å²) in [6.45, 7) is 4.43. The Balaban J connectivity index is 2.25. The van der Waals surface area contributed by atoms with Crippen LogP contribution >= 0.6 is 0 Å². The van der Waals surface area contributed by atoms with Crippen molar-refractivity contribution in [3.05, 3.63) is 29.3 Å². The molecule has 1 aromatic carbocycles. The van der Waals surface area contributed by atoms with Crippen molar-refractivity contribution in [3.8, 4) is 6.07 Å². The number of anilines is 1. The lowest BCUT2D eigenvalue weighted by atomic mass is 9.91. The molecule has 23 heavy (non-hydrogen) atoms. The number of morpholine rings is 1. The minimum atomic E-state index is -0.990. The molecule has 0 spiro atoms. The molecule has 0 amide bonds. The number of rotatable bonds is 6. The van der Waals surface area contributed by atoms with Crippen LogP contribution in [0.2, 0.25) is 0 Å². The van der Waals surface area contributed by atoms with E-state index in [0.717, 1.165) is 5.69 Å². The van der Waals surface area contributed by atoms with E-state index in [0.29, 0.717) is 43.9 Å². The van der Waals surface area contributed by atoms with E-state index in [1.165, 1.54) is 0 Å². The van der Waals surface area contributed by atoms with E-state index in [4.69, 9.17) is 9.84 Å². The summed E-state index contributed by atoms with van der Waals surface area (Å²) in [5.41, 5.74) is 1.62. The fourth-order valence-corrected chi connectivity index (χ4v) is 2.73. The van der Waals surface area contributed by atoms with E-state index in [-0.39, 0.29) is 12.2 Å². The number of ether oxygens (including phenoxy) is 1. The van der Waals surface area contributed by atoms with Gasteiger partial charge in [0.2, 0.25) is 0 Å². The number of hydrogen-bond donors (Lipinski definition) is 1. The van der Waals surface area contributed by atoms with Crippen molar-refractivity contribution in [1.29, 1.82) is 5.26 Å². The third-order valence-electron chi connectivity index (χ3n) is 4.04. The monoisotopic (exact) mass is 316 g/mol. The van der Waals surface area contributed by atoms with Crippen LogP contribution in [-0.2, 0) is 9.53 Å². The van der Waals surface area contributed by atoms with Crippen LogP contribution in [0.25, 0.3) is 0 Å². The Morgan fingerprint density at radius 1 is 1.39 bits per heavy atom. The standard InChI is InChI=1S/C17H20N2O4/c1-2-12(10-16(20)21)17(22)13-3-4-15(14(9-13)11-18)19-5-7-23-8-6-19/h3-4,9,12H,2,5-8,10H2,1H3,(H,20,21). The SMILES string of the molecule is CCC(CC(=O)O)C(=O)c1ccc(N2CCOCC2)c(C#N)c1. The van der Waals surface area contributed by atoms with Crippen molar-refractivity contribution < 1.29 is 19.4 Å². The quantitative estimate of drug-likeness (QED) is 0.808. The number of aliphatic carboxylic acids is 1. The van der Waals surface area contributed by atoms with Crippen LogP contribution in [0.1, 0.15) is 35.7 Å². The van der Waals surface area contributed by atoms with Gasteiger partial charge < -0.3 is 14.7 Å². The molecular formula is C17H20N2O4. The molecular weight excluding hydrogens is 296 g/mol. The van der Waals surface area contributed by atoms with E-state index >= 15 is 0 Å². The van der Waals surface area contributed by atoms with E-state index in [1.807, 2.05) is 0 Å². The Labute approximate surface area is 135 Å². The molecule has 6 nitrogen and oxygen atoms in total. The first-order chi connectivity index (χ1) is 11.1. The smallest absolute Gasteiger partial charge is 0.304 e. The second-order valence-electron chi connectivity index (χ2n) is 5.51. The lowest BCUT2D eigenvalue weighted by molar-refractivity contribution is -0.137. The molecule has 1 heterocycles. The Kier molecular flexibility index (Phi) is 5.72. The van der Waals surface area contributed by atoms with E-state index in [9.17, 15) is 14.9 Å². The first-order valence-electron chi connectivity index (χ1n) is 7.69. The molecule has 0 bridgehead atoms. The number of Topliss-reactive ketones (excluding diaryl/α,β-unsaturated/α-hetero) is 1. The number of carbonyl (C=O) groups is 2. The highest BCUT2D eigenvalue weighted by Crippen LogP contribution is 2.25. The summed E-state index contributed by atoms with van der Waals surface area (Å²) < 4.78 is 5.31. The largest absolute Gasteiger partial charge is 0.481 e. The molecule has 122 valence electrons. The van der Waals surface area contributed by atoms with Crippen molar-refractivity contribution in [2.24, 2.45) is 5.92 Å². The number of benzene rings is 1. The van der Waals surface area contributed by atoms with Gasteiger partial charge in [0.05, 0.1) is 30.9 Å². The zero-order valence-electron chi connectivity index (χ0n) is 13.1. The number of hydrogen-bond acceptors (Lipinski definition) is 5. The molecule has 1 N–H and O–H groups in total. The van der Waals surface area contributed by atoms with Crippen molar-refractivity contribution in [1.82, 2.24) is 0 Å². The zero-order valence-corrected chi connectivity index (χ0v) is 13.1. The molecule has 1 unspecified atom stereocenters. The van der Waals surface area contributed by atoms with Crippen LogP contribution in [0, 0.1) is 17.2 Å². The predicted molar refractivity (Wildman–Crippen MR) is 84.6 cm³/mol. The number of ketones is 1. The van der Waals surface area contributed by atoms with Gasteiger partial charge in [-0.1, -0.05) is 6.92 Å². The molecule has 0 aliphatic carbocycles. The zero-order chi connectivity index (χ0) is 16.8. The Hall–Kier alpha value is -2.39. The first-order valence-corrected chi connectivity index (χ1v) is 7.69. The highest BCUT2D eigenvalue weighted by atomic mass is 16.5. The molecule has 0 radical (unpaired) electrons. The molecule has 1 saturated heterocycles. The van der Waals surface area contributed by atoms with Crippen LogP contribution in [0.15, 0.2) is 18.2 Å². The van der Waals surface area contributed by atoms with Crippen molar-refractivity contribution in [2.45, 2.75) is 19.8 Å². The average molecular weight is 316 g/mol. The third-order valence-corrected chi connectivity index (χ3v) is 4.04. The van der Waals surface area contributed by atoms with Crippen LogP contribution in [-0.4, -0.2) is 43.2 Å². The van der Waals surface area contributed by atoms with Gasteiger partial charge in [0.25, 0.3) is 0 Å². The van der Waals surface area contributed by atoms with Gasteiger partial charge in [0, 0.05) is 24.6 Å². The molecule has 1 atom stereocenters. The van der Waals surface area contributed by atoms with Crippen LogP contribution < -0.4 is 4.90 Å². The van der Waals surface area contributed by atoms with Gasteiger partial charge in [-0.05, 0) is 24.6 Å². The molecule has 1 fully saturated rings. The van der Waals surface area contributed by atoms with E-state index < -0.39 is 11.9 Å². The summed E-state index contributed by atoms with van der Waals surface area (Å²) in [6.07, 6.45) is 0.265. The average Bonchev–Trinajstić information content (AvgIpc) is 2.59.